The minimum Gasteiger partial charge on any atom is -0.362 e. The molecule has 0 spiro atoms. The SMILES string of the molecule is CCN1CC2CCC(C1)N2c1ccc(Nc2ncc(F)c(-c3cc(F)c4nc(C)n(C(C)C)c4c3)n2)nc1. The Bertz CT molecular complexity index is 1470. The van der Waals surface area contributed by atoms with E-state index in [2.05, 4.69) is 48.0 Å². The van der Waals surface area contributed by atoms with Gasteiger partial charge in [-0.05, 0) is 64.4 Å². The number of pyridine rings is 1. The Balaban J connectivity index is 1.26. The van der Waals surface area contributed by atoms with Gasteiger partial charge in [-0.25, -0.2) is 28.7 Å². The summed E-state index contributed by atoms with van der Waals surface area (Å²) < 4.78 is 31.8. The molecule has 2 saturated heterocycles. The van der Waals surface area contributed by atoms with Crippen molar-refractivity contribution in [2.75, 3.05) is 29.9 Å². The first kappa shape index (κ1) is 24.7. The lowest BCUT2D eigenvalue weighted by molar-refractivity contribution is 0.230. The van der Waals surface area contributed by atoms with E-state index >= 15 is 0 Å². The van der Waals surface area contributed by atoms with Crippen molar-refractivity contribution in [1.29, 1.82) is 0 Å². The van der Waals surface area contributed by atoms with Crippen LogP contribution in [0.5, 0.6) is 0 Å². The number of nitrogens with zero attached hydrogens (tertiary/aromatic N) is 7. The second-order valence-corrected chi connectivity index (χ2v) is 10.5. The van der Waals surface area contributed by atoms with E-state index in [4.69, 9.17) is 0 Å². The van der Waals surface area contributed by atoms with E-state index in [1.807, 2.05) is 37.6 Å². The highest BCUT2D eigenvalue weighted by molar-refractivity contribution is 5.83. The first-order valence-electron chi connectivity index (χ1n) is 13.3. The molecule has 38 heavy (non-hydrogen) atoms. The predicted molar refractivity (Wildman–Crippen MR) is 145 cm³/mol. The number of hydrogen-bond donors (Lipinski definition) is 1. The summed E-state index contributed by atoms with van der Waals surface area (Å²) >= 11 is 0. The van der Waals surface area contributed by atoms with Gasteiger partial charge in [-0.1, -0.05) is 6.92 Å². The number of rotatable bonds is 6. The van der Waals surface area contributed by atoms with Gasteiger partial charge in [0.15, 0.2) is 11.6 Å². The van der Waals surface area contributed by atoms with Crippen LogP contribution in [0.3, 0.4) is 0 Å². The van der Waals surface area contributed by atoms with E-state index in [9.17, 15) is 8.78 Å². The summed E-state index contributed by atoms with van der Waals surface area (Å²) in [6.45, 7) is 11.3. The van der Waals surface area contributed by atoms with E-state index in [1.54, 1.807) is 6.07 Å². The zero-order valence-corrected chi connectivity index (χ0v) is 22.1. The maximum atomic E-state index is 15.0. The van der Waals surface area contributed by atoms with Crippen molar-refractivity contribution in [3.63, 3.8) is 0 Å². The number of halogens is 2. The fourth-order valence-electron chi connectivity index (χ4n) is 6.08. The van der Waals surface area contributed by atoms with Gasteiger partial charge in [0, 0.05) is 36.8 Å². The van der Waals surface area contributed by atoms with E-state index in [0.29, 0.717) is 34.8 Å². The molecule has 8 nitrogen and oxygen atoms in total. The summed E-state index contributed by atoms with van der Waals surface area (Å²) in [5, 5.41) is 3.07. The summed E-state index contributed by atoms with van der Waals surface area (Å²) in [7, 11) is 0. The Morgan fingerprint density at radius 3 is 2.42 bits per heavy atom. The molecule has 10 heteroatoms. The molecule has 2 fully saturated rings. The maximum Gasteiger partial charge on any atom is 0.229 e. The van der Waals surface area contributed by atoms with Crippen molar-refractivity contribution < 1.29 is 8.78 Å². The molecule has 198 valence electrons. The molecule has 2 bridgehead atoms. The topological polar surface area (TPSA) is 75.0 Å². The summed E-state index contributed by atoms with van der Waals surface area (Å²) in [5.74, 6) is 0.296. The van der Waals surface area contributed by atoms with Crippen molar-refractivity contribution in [3.05, 3.63) is 54.1 Å². The van der Waals surface area contributed by atoms with Crippen LogP contribution in [0, 0.1) is 18.6 Å². The zero-order valence-electron chi connectivity index (χ0n) is 22.1. The van der Waals surface area contributed by atoms with Crippen LogP contribution >= 0.6 is 0 Å². The average molecular weight is 519 g/mol. The minimum absolute atomic E-state index is 0.0134. The van der Waals surface area contributed by atoms with Gasteiger partial charge in [-0.3, -0.25) is 4.90 Å². The fraction of sp³-hybridized carbons (Fsp3) is 0.429. The molecular weight excluding hydrogens is 486 g/mol. The zero-order chi connectivity index (χ0) is 26.6. The van der Waals surface area contributed by atoms with Gasteiger partial charge in [0.25, 0.3) is 0 Å². The number of anilines is 3. The lowest BCUT2D eigenvalue weighted by atomic mass is 10.1. The van der Waals surface area contributed by atoms with Crippen LogP contribution < -0.4 is 10.2 Å². The van der Waals surface area contributed by atoms with Crippen LogP contribution in [0.25, 0.3) is 22.3 Å². The molecule has 0 radical (unpaired) electrons. The van der Waals surface area contributed by atoms with E-state index in [0.717, 1.165) is 31.5 Å². The molecule has 4 aromatic rings. The number of benzene rings is 1. The lowest BCUT2D eigenvalue weighted by Crippen LogP contribution is -2.53. The first-order valence-corrected chi connectivity index (χ1v) is 13.3. The highest BCUT2D eigenvalue weighted by atomic mass is 19.1. The Hall–Kier alpha value is -3.66. The number of piperazine rings is 1. The maximum absolute atomic E-state index is 15.0. The molecule has 6 rings (SSSR count). The molecule has 1 aromatic carbocycles. The molecule has 0 amide bonds. The van der Waals surface area contributed by atoms with E-state index in [1.165, 1.54) is 18.9 Å². The third-order valence-electron chi connectivity index (χ3n) is 7.75. The van der Waals surface area contributed by atoms with Crippen molar-refractivity contribution >= 4 is 28.5 Å². The molecule has 2 aliphatic rings. The Morgan fingerprint density at radius 2 is 1.76 bits per heavy atom. The van der Waals surface area contributed by atoms with Crippen molar-refractivity contribution in [2.24, 2.45) is 0 Å². The third kappa shape index (κ3) is 4.26. The highest BCUT2D eigenvalue weighted by Gasteiger charge is 2.39. The lowest BCUT2D eigenvalue weighted by Gasteiger charge is -2.42. The quantitative estimate of drug-likeness (QED) is 0.363. The summed E-state index contributed by atoms with van der Waals surface area (Å²) in [6.07, 6.45) is 5.38. The monoisotopic (exact) mass is 518 g/mol. The third-order valence-corrected chi connectivity index (χ3v) is 7.75. The highest BCUT2D eigenvalue weighted by Crippen LogP contribution is 2.35. The summed E-state index contributed by atoms with van der Waals surface area (Å²) in [5.41, 5.74) is 2.32. The standard InChI is InChI=1S/C28H32F2N8/c1-5-36-14-20-6-7-21(15-36)38(20)19-8-9-25(31-12-19)34-28-32-13-23(30)26(35-28)18-10-22(29)27-24(11-18)37(16(2)3)17(4)33-27/h8-13,16,20-21H,5-7,14-15H2,1-4H3,(H,31,32,34,35). The molecule has 2 unspecified atom stereocenters. The van der Waals surface area contributed by atoms with Crippen molar-refractivity contribution in [1.82, 2.24) is 29.4 Å². The van der Waals surface area contributed by atoms with Crippen LogP contribution in [0.2, 0.25) is 0 Å². The molecule has 2 aliphatic heterocycles. The Morgan fingerprint density at radius 1 is 1.00 bits per heavy atom. The predicted octanol–water partition coefficient (Wildman–Crippen LogP) is 5.47. The summed E-state index contributed by atoms with van der Waals surface area (Å²) in [6, 6.07) is 8.06. The Kier molecular flexibility index (Phi) is 6.22. The van der Waals surface area contributed by atoms with Crippen LogP contribution in [-0.4, -0.2) is 61.1 Å². The molecular formula is C28H32F2N8. The second kappa shape index (κ2) is 9.58. The van der Waals surface area contributed by atoms with Gasteiger partial charge < -0.3 is 14.8 Å². The number of aryl methyl sites for hydroxylation is 1. The van der Waals surface area contributed by atoms with Gasteiger partial charge in [0.2, 0.25) is 5.95 Å². The number of imidazole rings is 1. The number of nitrogens with one attached hydrogen (secondary N) is 1. The fourth-order valence-corrected chi connectivity index (χ4v) is 6.08. The minimum atomic E-state index is -0.633. The van der Waals surface area contributed by atoms with Gasteiger partial charge in [0.05, 0.1) is 23.6 Å². The van der Waals surface area contributed by atoms with Gasteiger partial charge in [-0.2, -0.15) is 0 Å². The first-order chi connectivity index (χ1) is 18.3. The molecule has 0 saturated carbocycles. The molecule has 2 atom stereocenters. The molecule has 0 aliphatic carbocycles. The largest absolute Gasteiger partial charge is 0.362 e. The molecule has 1 N–H and O–H groups in total. The average Bonchev–Trinajstić information content (AvgIpc) is 3.38. The van der Waals surface area contributed by atoms with Crippen molar-refractivity contribution in [3.8, 4) is 11.3 Å². The van der Waals surface area contributed by atoms with Crippen LogP contribution in [0.1, 0.15) is 45.5 Å². The van der Waals surface area contributed by atoms with Gasteiger partial charge in [0.1, 0.15) is 22.9 Å². The van der Waals surface area contributed by atoms with Crippen LogP contribution in [-0.2, 0) is 0 Å². The smallest absolute Gasteiger partial charge is 0.229 e. The van der Waals surface area contributed by atoms with Gasteiger partial charge in [-0.15, -0.1) is 0 Å². The van der Waals surface area contributed by atoms with Crippen molar-refractivity contribution in [2.45, 2.75) is 58.7 Å². The number of fused-ring (bicyclic) bond motifs is 3. The number of likely N-dealkylation sites (tertiary alicyclic amines) is 1. The normalized spacial score (nSPS) is 19.6. The second-order valence-electron chi connectivity index (χ2n) is 10.5. The number of aromatic nitrogens is 5. The Labute approximate surface area is 220 Å². The van der Waals surface area contributed by atoms with Crippen LogP contribution in [0.15, 0.2) is 36.7 Å². The molecule has 5 heterocycles. The summed E-state index contributed by atoms with van der Waals surface area (Å²) in [4.78, 5) is 22.4. The number of hydrogen-bond acceptors (Lipinski definition) is 7. The van der Waals surface area contributed by atoms with Crippen LogP contribution in [0.4, 0.5) is 26.2 Å². The van der Waals surface area contributed by atoms with E-state index in [-0.39, 0.29) is 23.2 Å². The van der Waals surface area contributed by atoms with Gasteiger partial charge >= 0.3 is 0 Å². The molecule has 3 aromatic heterocycles. The number of likely N-dealkylation sites (N-methyl/N-ethyl adjacent to an activating group) is 1. The van der Waals surface area contributed by atoms with E-state index < -0.39 is 11.6 Å².